The monoisotopic (exact) mass is 196 g/mol. The molecule has 0 aliphatic heterocycles. The second-order valence-corrected chi connectivity index (χ2v) is 2.23. The summed E-state index contributed by atoms with van der Waals surface area (Å²) in [4.78, 5) is 22.4. The van der Waals surface area contributed by atoms with Crippen LogP contribution in [0.5, 0.6) is 0 Å². The van der Waals surface area contributed by atoms with E-state index in [1.807, 2.05) is 0 Å². The van der Waals surface area contributed by atoms with Crippen LogP contribution in [0.1, 0.15) is 5.82 Å². The standard InChI is InChI=1S/C7H8N4O3/c1-14-11-5(7(12)13)6-9-3-2-4(8)10-6/h2-3H,1H3,(H,12,13)(H2,8,9,10)/b11-5+. The fraction of sp³-hybridized carbons (Fsp3) is 0.143. The summed E-state index contributed by atoms with van der Waals surface area (Å²) in [7, 11) is 1.23. The predicted molar refractivity (Wildman–Crippen MR) is 47.6 cm³/mol. The summed E-state index contributed by atoms with van der Waals surface area (Å²) in [6.07, 6.45) is 1.34. The Morgan fingerprint density at radius 3 is 2.93 bits per heavy atom. The topological polar surface area (TPSA) is 111 Å². The molecule has 0 saturated carbocycles. The van der Waals surface area contributed by atoms with Crippen molar-refractivity contribution in [1.29, 1.82) is 0 Å². The Balaban J connectivity index is 3.12. The average Bonchev–Trinajstić information content (AvgIpc) is 2.13. The molecule has 7 nitrogen and oxygen atoms in total. The molecule has 0 spiro atoms. The molecule has 0 aliphatic rings. The van der Waals surface area contributed by atoms with Crippen LogP contribution in [0.3, 0.4) is 0 Å². The molecule has 0 bridgehead atoms. The van der Waals surface area contributed by atoms with E-state index in [0.29, 0.717) is 0 Å². The van der Waals surface area contributed by atoms with Crippen molar-refractivity contribution in [3.63, 3.8) is 0 Å². The van der Waals surface area contributed by atoms with Crippen LogP contribution < -0.4 is 5.73 Å². The molecule has 7 heteroatoms. The van der Waals surface area contributed by atoms with E-state index in [4.69, 9.17) is 10.8 Å². The summed E-state index contributed by atoms with van der Waals surface area (Å²) in [5, 5.41) is 12.0. The highest BCUT2D eigenvalue weighted by molar-refractivity contribution is 6.41. The summed E-state index contributed by atoms with van der Waals surface area (Å²) < 4.78 is 0. The number of carboxylic acids is 1. The van der Waals surface area contributed by atoms with Crippen molar-refractivity contribution in [2.24, 2.45) is 5.16 Å². The fourth-order valence-corrected chi connectivity index (χ4v) is 0.754. The third kappa shape index (κ3) is 2.16. The van der Waals surface area contributed by atoms with Crippen LogP contribution in [0, 0.1) is 0 Å². The van der Waals surface area contributed by atoms with Gasteiger partial charge in [-0.05, 0) is 6.07 Å². The molecule has 1 aromatic heterocycles. The van der Waals surface area contributed by atoms with Gasteiger partial charge in [0.1, 0.15) is 12.9 Å². The first-order valence-corrected chi connectivity index (χ1v) is 3.58. The number of oxime groups is 1. The van der Waals surface area contributed by atoms with E-state index in [2.05, 4.69) is 20.0 Å². The normalized spacial score (nSPS) is 11.1. The average molecular weight is 196 g/mol. The zero-order valence-electron chi connectivity index (χ0n) is 7.34. The van der Waals surface area contributed by atoms with Gasteiger partial charge in [0.25, 0.3) is 0 Å². The molecule has 0 aromatic carbocycles. The number of nitrogens with two attached hydrogens (primary N) is 1. The molecule has 0 aliphatic carbocycles. The summed E-state index contributed by atoms with van der Waals surface area (Å²) >= 11 is 0. The molecule has 3 N–H and O–H groups in total. The van der Waals surface area contributed by atoms with Gasteiger partial charge in [0.05, 0.1) is 0 Å². The molecule has 0 radical (unpaired) electrons. The van der Waals surface area contributed by atoms with Gasteiger partial charge in [-0.1, -0.05) is 5.16 Å². The van der Waals surface area contributed by atoms with Gasteiger partial charge in [-0.15, -0.1) is 0 Å². The molecule has 0 atom stereocenters. The maximum atomic E-state index is 10.7. The Hall–Kier alpha value is -2.18. The minimum absolute atomic E-state index is 0.0839. The Morgan fingerprint density at radius 1 is 1.71 bits per heavy atom. The number of aliphatic carboxylic acids is 1. The van der Waals surface area contributed by atoms with Crippen LogP contribution in [0.2, 0.25) is 0 Å². The quantitative estimate of drug-likeness (QED) is 0.497. The van der Waals surface area contributed by atoms with Gasteiger partial charge >= 0.3 is 5.97 Å². The molecule has 0 saturated heterocycles. The van der Waals surface area contributed by atoms with Crippen LogP contribution in [-0.2, 0) is 9.63 Å². The SMILES string of the molecule is CO/N=C(/C(=O)O)c1nccc(N)n1. The van der Waals surface area contributed by atoms with Crippen LogP contribution in [0.15, 0.2) is 17.4 Å². The number of carboxylic acid groups (broad SMARTS) is 1. The highest BCUT2D eigenvalue weighted by Crippen LogP contribution is 1.99. The molecule has 0 fully saturated rings. The van der Waals surface area contributed by atoms with Crippen molar-refractivity contribution in [3.05, 3.63) is 18.1 Å². The lowest BCUT2D eigenvalue weighted by Crippen LogP contribution is -2.18. The Kier molecular flexibility index (Phi) is 2.95. The zero-order chi connectivity index (χ0) is 10.6. The van der Waals surface area contributed by atoms with Crippen LogP contribution in [0.4, 0.5) is 5.82 Å². The maximum Gasteiger partial charge on any atom is 0.361 e. The number of hydrogen-bond donors (Lipinski definition) is 2. The van der Waals surface area contributed by atoms with E-state index in [1.54, 1.807) is 0 Å². The lowest BCUT2D eigenvalue weighted by molar-refractivity contribution is -0.129. The third-order valence-corrected chi connectivity index (χ3v) is 1.27. The van der Waals surface area contributed by atoms with E-state index >= 15 is 0 Å². The molecule has 1 heterocycles. The third-order valence-electron chi connectivity index (χ3n) is 1.27. The molecule has 0 unspecified atom stereocenters. The molecular formula is C7H8N4O3. The lowest BCUT2D eigenvalue weighted by Gasteiger charge is -1.99. The minimum atomic E-state index is -1.28. The van der Waals surface area contributed by atoms with Gasteiger partial charge in [0.2, 0.25) is 5.71 Å². The number of anilines is 1. The highest BCUT2D eigenvalue weighted by atomic mass is 16.6. The first kappa shape index (κ1) is 9.90. The van der Waals surface area contributed by atoms with Crippen LogP contribution >= 0.6 is 0 Å². The van der Waals surface area contributed by atoms with Gasteiger partial charge in [-0.25, -0.2) is 14.8 Å². The highest BCUT2D eigenvalue weighted by Gasteiger charge is 2.16. The van der Waals surface area contributed by atoms with Gasteiger partial charge in [-0.2, -0.15) is 0 Å². The number of hydrogen-bond acceptors (Lipinski definition) is 6. The molecule has 14 heavy (non-hydrogen) atoms. The van der Waals surface area contributed by atoms with Gasteiger partial charge < -0.3 is 15.7 Å². The van der Waals surface area contributed by atoms with Gasteiger partial charge in [0.15, 0.2) is 5.82 Å². The van der Waals surface area contributed by atoms with Gasteiger partial charge in [0, 0.05) is 6.20 Å². The zero-order valence-corrected chi connectivity index (χ0v) is 7.34. The minimum Gasteiger partial charge on any atom is -0.476 e. The fourth-order valence-electron chi connectivity index (χ4n) is 0.754. The van der Waals surface area contributed by atoms with E-state index in [-0.39, 0.29) is 17.4 Å². The Bertz CT molecular complexity index is 377. The second-order valence-electron chi connectivity index (χ2n) is 2.23. The smallest absolute Gasteiger partial charge is 0.361 e. The lowest BCUT2D eigenvalue weighted by atomic mass is 10.3. The summed E-state index contributed by atoms with van der Waals surface area (Å²) in [5.74, 6) is -1.20. The molecular weight excluding hydrogens is 188 g/mol. The molecule has 1 aromatic rings. The maximum absolute atomic E-state index is 10.7. The molecule has 0 amide bonds. The van der Waals surface area contributed by atoms with Crippen molar-refractivity contribution in [3.8, 4) is 0 Å². The Labute approximate surface area is 79.2 Å². The van der Waals surface area contributed by atoms with E-state index in [1.165, 1.54) is 19.4 Å². The number of aromatic nitrogens is 2. The number of rotatable bonds is 3. The second kappa shape index (κ2) is 4.17. The number of nitrogen functional groups attached to an aromatic ring is 1. The van der Waals surface area contributed by atoms with E-state index in [0.717, 1.165) is 0 Å². The van der Waals surface area contributed by atoms with E-state index < -0.39 is 5.97 Å². The summed E-state index contributed by atoms with van der Waals surface area (Å²) in [6.45, 7) is 0. The van der Waals surface area contributed by atoms with E-state index in [9.17, 15) is 4.79 Å². The van der Waals surface area contributed by atoms with Crippen molar-refractivity contribution in [2.45, 2.75) is 0 Å². The predicted octanol–water partition coefficient (Wildman–Crippen LogP) is -0.506. The first-order chi connectivity index (χ1) is 6.65. The van der Waals surface area contributed by atoms with Crippen molar-refractivity contribution in [1.82, 2.24) is 9.97 Å². The first-order valence-electron chi connectivity index (χ1n) is 3.58. The Morgan fingerprint density at radius 2 is 2.43 bits per heavy atom. The van der Waals surface area contributed by atoms with Crippen LogP contribution in [0.25, 0.3) is 0 Å². The molecule has 74 valence electrons. The van der Waals surface area contributed by atoms with Crippen molar-refractivity contribution >= 4 is 17.5 Å². The largest absolute Gasteiger partial charge is 0.476 e. The van der Waals surface area contributed by atoms with Crippen molar-refractivity contribution in [2.75, 3.05) is 12.8 Å². The summed E-state index contributed by atoms with van der Waals surface area (Å²) in [5.41, 5.74) is 4.96. The van der Waals surface area contributed by atoms with Gasteiger partial charge in [-0.3, -0.25) is 0 Å². The molecule has 1 rings (SSSR count). The number of nitrogens with zero attached hydrogens (tertiary/aromatic N) is 3. The number of carbonyl (C=O) groups is 1. The van der Waals surface area contributed by atoms with Crippen LogP contribution in [-0.4, -0.2) is 33.9 Å². The van der Waals surface area contributed by atoms with Crippen molar-refractivity contribution < 1.29 is 14.7 Å². The summed E-state index contributed by atoms with van der Waals surface area (Å²) in [6, 6.07) is 1.44.